The molecule has 0 aliphatic heterocycles. The number of anilines is 1. The first-order chi connectivity index (χ1) is 10.2. The highest BCUT2D eigenvalue weighted by molar-refractivity contribution is 5.48. The Morgan fingerprint density at radius 3 is 2.43 bits per heavy atom. The quantitative estimate of drug-likeness (QED) is 0.777. The van der Waals surface area contributed by atoms with Crippen molar-refractivity contribution in [1.29, 1.82) is 0 Å². The van der Waals surface area contributed by atoms with E-state index in [1.165, 1.54) is 5.56 Å². The summed E-state index contributed by atoms with van der Waals surface area (Å²) in [7, 11) is 0. The predicted octanol–water partition coefficient (Wildman–Crippen LogP) is 4.94. The van der Waals surface area contributed by atoms with Crippen LogP contribution in [-0.2, 0) is 0 Å². The van der Waals surface area contributed by atoms with Gasteiger partial charge in [0, 0.05) is 24.2 Å². The topological polar surface area (TPSA) is 21.3 Å². The van der Waals surface area contributed by atoms with Gasteiger partial charge >= 0.3 is 0 Å². The summed E-state index contributed by atoms with van der Waals surface area (Å²) in [5, 5.41) is 3.54. The van der Waals surface area contributed by atoms with Crippen molar-refractivity contribution in [2.45, 2.75) is 26.7 Å². The van der Waals surface area contributed by atoms with E-state index in [1.807, 2.05) is 19.1 Å². The summed E-state index contributed by atoms with van der Waals surface area (Å²) in [6.07, 6.45) is 0. The summed E-state index contributed by atoms with van der Waals surface area (Å²) in [5.74, 6) is 2.01. The van der Waals surface area contributed by atoms with Gasteiger partial charge in [-0.3, -0.25) is 0 Å². The molecule has 0 spiro atoms. The van der Waals surface area contributed by atoms with Crippen molar-refractivity contribution in [1.82, 2.24) is 0 Å². The Bertz CT molecular complexity index is 536. The lowest BCUT2D eigenvalue weighted by molar-refractivity contribution is 0.340. The summed E-state index contributed by atoms with van der Waals surface area (Å²) in [4.78, 5) is 0. The predicted molar refractivity (Wildman–Crippen MR) is 90.1 cm³/mol. The van der Waals surface area contributed by atoms with Crippen molar-refractivity contribution in [2.24, 2.45) is 5.92 Å². The van der Waals surface area contributed by atoms with E-state index < -0.39 is 0 Å². The highest BCUT2D eigenvalue weighted by atomic mass is 16.5. The summed E-state index contributed by atoms with van der Waals surface area (Å²) in [6, 6.07) is 18.9. The van der Waals surface area contributed by atoms with Crippen LogP contribution in [-0.4, -0.2) is 13.2 Å². The Balaban J connectivity index is 2.04. The smallest absolute Gasteiger partial charge is 0.121 e. The van der Waals surface area contributed by atoms with Crippen LogP contribution in [0.5, 0.6) is 5.75 Å². The standard InChI is InChI=1S/C19H25NO/c1-4-21-18-12-8-11-17(13-18)20-14-19(15(2)3)16-9-6-5-7-10-16/h5-13,15,19-20H,4,14H2,1-3H3. The van der Waals surface area contributed by atoms with Crippen LogP contribution >= 0.6 is 0 Å². The molecule has 1 N–H and O–H groups in total. The highest BCUT2D eigenvalue weighted by Gasteiger charge is 2.15. The average Bonchev–Trinajstić information content (AvgIpc) is 2.49. The minimum Gasteiger partial charge on any atom is -0.494 e. The maximum Gasteiger partial charge on any atom is 0.121 e. The van der Waals surface area contributed by atoms with E-state index in [1.54, 1.807) is 0 Å². The fraction of sp³-hybridized carbons (Fsp3) is 0.368. The zero-order valence-electron chi connectivity index (χ0n) is 13.2. The summed E-state index contributed by atoms with van der Waals surface area (Å²) in [5.41, 5.74) is 2.50. The van der Waals surface area contributed by atoms with Gasteiger partial charge in [-0.25, -0.2) is 0 Å². The van der Waals surface area contributed by atoms with Crippen molar-refractivity contribution < 1.29 is 4.74 Å². The molecule has 2 aromatic carbocycles. The van der Waals surface area contributed by atoms with Gasteiger partial charge in [-0.1, -0.05) is 50.2 Å². The van der Waals surface area contributed by atoms with Crippen LogP contribution in [0, 0.1) is 5.92 Å². The van der Waals surface area contributed by atoms with Crippen LogP contribution in [0.25, 0.3) is 0 Å². The number of benzene rings is 2. The average molecular weight is 283 g/mol. The van der Waals surface area contributed by atoms with E-state index in [-0.39, 0.29) is 0 Å². The molecular formula is C19H25NO. The van der Waals surface area contributed by atoms with E-state index in [0.717, 1.165) is 18.0 Å². The molecule has 1 atom stereocenters. The Morgan fingerprint density at radius 2 is 1.76 bits per heavy atom. The zero-order valence-corrected chi connectivity index (χ0v) is 13.2. The van der Waals surface area contributed by atoms with E-state index >= 15 is 0 Å². The van der Waals surface area contributed by atoms with Gasteiger partial charge in [0.1, 0.15) is 5.75 Å². The maximum atomic E-state index is 5.55. The van der Waals surface area contributed by atoms with Crippen molar-refractivity contribution in [3.05, 3.63) is 60.2 Å². The molecule has 2 aromatic rings. The first-order valence-electron chi connectivity index (χ1n) is 7.72. The highest BCUT2D eigenvalue weighted by Crippen LogP contribution is 2.25. The zero-order chi connectivity index (χ0) is 15.1. The third-order valence-electron chi connectivity index (χ3n) is 3.70. The largest absolute Gasteiger partial charge is 0.494 e. The molecule has 0 heterocycles. The SMILES string of the molecule is CCOc1cccc(NCC(c2ccccc2)C(C)C)c1. The van der Waals surface area contributed by atoms with Crippen LogP contribution in [0.15, 0.2) is 54.6 Å². The Labute approximate surface area is 128 Å². The van der Waals surface area contributed by atoms with Crippen molar-refractivity contribution >= 4 is 5.69 Å². The van der Waals surface area contributed by atoms with Gasteiger partial charge in [0.2, 0.25) is 0 Å². The lowest BCUT2D eigenvalue weighted by atomic mass is 9.88. The second-order valence-electron chi connectivity index (χ2n) is 5.60. The van der Waals surface area contributed by atoms with Gasteiger partial charge in [0.15, 0.2) is 0 Å². The minimum absolute atomic E-state index is 0.502. The third kappa shape index (κ3) is 4.52. The van der Waals surface area contributed by atoms with E-state index in [9.17, 15) is 0 Å². The first kappa shape index (κ1) is 15.4. The molecule has 0 bridgehead atoms. The van der Waals surface area contributed by atoms with Gasteiger partial charge in [0.05, 0.1) is 6.61 Å². The molecule has 0 aliphatic rings. The van der Waals surface area contributed by atoms with Gasteiger partial charge in [0.25, 0.3) is 0 Å². The maximum absolute atomic E-state index is 5.55. The molecule has 1 unspecified atom stereocenters. The van der Waals surface area contributed by atoms with Crippen LogP contribution < -0.4 is 10.1 Å². The van der Waals surface area contributed by atoms with Crippen LogP contribution in [0.1, 0.15) is 32.3 Å². The van der Waals surface area contributed by atoms with Crippen molar-refractivity contribution in [2.75, 3.05) is 18.5 Å². The number of hydrogen-bond donors (Lipinski definition) is 1. The van der Waals surface area contributed by atoms with E-state index in [4.69, 9.17) is 4.74 Å². The molecule has 0 aromatic heterocycles. The monoisotopic (exact) mass is 283 g/mol. The summed E-state index contributed by atoms with van der Waals surface area (Å²) >= 11 is 0. The third-order valence-corrected chi connectivity index (χ3v) is 3.70. The molecule has 0 amide bonds. The fourth-order valence-corrected chi connectivity index (χ4v) is 2.53. The first-order valence-corrected chi connectivity index (χ1v) is 7.72. The molecule has 2 heteroatoms. The number of hydrogen-bond acceptors (Lipinski definition) is 2. The molecule has 21 heavy (non-hydrogen) atoms. The molecular weight excluding hydrogens is 258 g/mol. The van der Waals surface area contributed by atoms with Gasteiger partial charge in [-0.05, 0) is 30.5 Å². The molecule has 0 fully saturated rings. The Kier molecular flexibility index (Phi) is 5.68. The second kappa shape index (κ2) is 7.72. The van der Waals surface area contributed by atoms with Crippen LogP contribution in [0.3, 0.4) is 0 Å². The lowest BCUT2D eigenvalue weighted by Gasteiger charge is -2.22. The number of nitrogens with one attached hydrogen (secondary N) is 1. The molecule has 0 radical (unpaired) electrons. The molecule has 0 aliphatic carbocycles. The Hall–Kier alpha value is -1.96. The van der Waals surface area contributed by atoms with Crippen LogP contribution in [0.2, 0.25) is 0 Å². The van der Waals surface area contributed by atoms with Crippen molar-refractivity contribution in [3.8, 4) is 5.75 Å². The van der Waals surface area contributed by atoms with Gasteiger partial charge in [-0.2, -0.15) is 0 Å². The normalized spacial score (nSPS) is 12.2. The van der Waals surface area contributed by atoms with Gasteiger partial charge < -0.3 is 10.1 Å². The van der Waals surface area contributed by atoms with Crippen molar-refractivity contribution in [3.63, 3.8) is 0 Å². The van der Waals surface area contributed by atoms with E-state index in [0.29, 0.717) is 18.4 Å². The summed E-state index contributed by atoms with van der Waals surface area (Å²) in [6.45, 7) is 8.18. The second-order valence-corrected chi connectivity index (χ2v) is 5.60. The number of rotatable bonds is 7. The molecule has 2 nitrogen and oxygen atoms in total. The Morgan fingerprint density at radius 1 is 1.00 bits per heavy atom. The fourth-order valence-electron chi connectivity index (χ4n) is 2.53. The van der Waals surface area contributed by atoms with Gasteiger partial charge in [-0.15, -0.1) is 0 Å². The minimum atomic E-state index is 0.502. The summed E-state index contributed by atoms with van der Waals surface area (Å²) < 4.78 is 5.55. The lowest BCUT2D eigenvalue weighted by Crippen LogP contribution is -2.17. The molecule has 2 rings (SSSR count). The molecule has 0 saturated heterocycles. The molecule has 112 valence electrons. The number of ether oxygens (including phenoxy) is 1. The van der Waals surface area contributed by atoms with E-state index in [2.05, 4.69) is 61.6 Å². The van der Waals surface area contributed by atoms with Crippen LogP contribution in [0.4, 0.5) is 5.69 Å². The molecule has 0 saturated carbocycles.